The van der Waals surface area contributed by atoms with Gasteiger partial charge in [-0.05, 0) is 56.5 Å². The molecule has 0 aliphatic carbocycles. The SMILES string of the molecule is Cc1ccc(C(C#N)CN2CCCC2)cc1C. The molecular weight excluding hydrogens is 208 g/mol. The third-order valence-corrected chi connectivity index (χ3v) is 3.73. The first kappa shape index (κ1) is 12.1. The lowest BCUT2D eigenvalue weighted by Gasteiger charge is -2.19. The molecule has 0 amide bonds. The zero-order valence-corrected chi connectivity index (χ0v) is 10.7. The molecule has 1 heterocycles. The molecular formula is C15H20N2. The van der Waals surface area contributed by atoms with Crippen molar-refractivity contribution >= 4 is 0 Å². The Bertz CT molecular complexity index is 425. The summed E-state index contributed by atoms with van der Waals surface area (Å²) in [6, 6.07) is 8.84. The van der Waals surface area contributed by atoms with Crippen LogP contribution in [-0.4, -0.2) is 24.5 Å². The maximum atomic E-state index is 9.32. The highest BCUT2D eigenvalue weighted by Crippen LogP contribution is 2.21. The Morgan fingerprint density at radius 1 is 1.24 bits per heavy atom. The van der Waals surface area contributed by atoms with Crippen LogP contribution in [0.4, 0.5) is 0 Å². The van der Waals surface area contributed by atoms with E-state index in [1.165, 1.54) is 29.5 Å². The molecule has 1 unspecified atom stereocenters. The normalized spacial score (nSPS) is 17.9. The monoisotopic (exact) mass is 228 g/mol. The van der Waals surface area contributed by atoms with Gasteiger partial charge in [0.05, 0.1) is 12.0 Å². The molecule has 1 aromatic rings. The number of likely N-dealkylation sites (tertiary alicyclic amines) is 1. The predicted molar refractivity (Wildman–Crippen MR) is 69.9 cm³/mol. The Hall–Kier alpha value is -1.33. The van der Waals surface area contributed by atoms with Crippen molar-refractivity contribution in [2.45, 2.75) is 32.6 Å². The summed E-state index contributed by atoms with van der Waals surface area (Å²) in [5.74, 6) is 0.0207. The lowest BCUT2D eigenvalue weighted by Crippen LogP contribution is -2.25. The second-order valence-electron chi connectivity index (χ2n) is 5.03. The minimum Gasteiger partial charge on any atom is -0.302 e. The van der Waals surface area contributed by atoms with Crippen LogP contribution in [0.3, 0.4) is 0 Å². The molecule has 1 fully saturated rings. The third kappa shape index (κ3) is 2.87. The van der Waals surface area contributed by atoms with Gasteiger partial charge in [-0.25, -0.2) is 0 Å². The highest BCUT2D eigenvalue weighted by atomic mass is 15.1. The van der Waals surface area contributed by atoms with Gasteiger partial charge in [0, 0.05) is 6.54 Å². The Balaban J connectivity index is 2.11. The van der Waals surface area contributed by atoms with Gasteiger partial charge in [0.2, 0.25) is 0 Å². The summed E-state index contributed by atoms with van der Waals surface area (Å²) < 4.78 is 0. The number of nitriles is 1. The molecule has 90 valence electrons. The largest absolute Gasteiger partial charge is 0.302 e. The van der Waals surface area contributed by atoms with Crippen LogP contribution in [0.15, 0.2) is 18.2 Å². The fraction of sp³-hybridized carbons (Fsp3) is 0.533. The summed E-state index contributed by atoms with van der Waals surface area (Å²) in [6.07, 6.45) is 2.57. The molecule has 17 heavy (non-hydrogen) atoms. The van der Waals surface area contributed by atoms with Gasteiger partial charge in [0.15, 0.2) is 0 Å². The molecule has 0 bridgehead atoms. The van der Waals surface area contributed by atoms with Crippen molar-refractivity contribution in [2.24, 2.45) is 0 Å². The summed E-state index contributed by atoms with van der Waals surface area (Å²) in [4.78, 5) is 2.41. The van der Waals surface area contributed by atoms with Crippen molar-refractivity contribution in [3.05, 3.63) is 34.9 Å². The number of hydrogen-bond acceptors (Lipinski definition) is 2. The molecule has 0 spiro atoms. The zero-order valence-electron chi connectivity index (χ0n) is 10.7. The van der Waals surface area contributed by atoms with Gasteiger partial charge < -0.3 is 4.90 Å². The van der Waals surface area contributed by atoms with Crippen LogP contribution in [0.2, 0.25) is 0 Å². The lowest BCUT2D eigenvalue weighted by atomic mass is 9.96. The Labute approximate surface area is 104 Å². The average molecular weight is 228 g/mol. The highest BCUT2D eigenvalue weighted by Gasteiger charge is 2.18. The number of nitrogens with zero attached hydrogens (tertiary/aromatic N) is 2. The van der Waals surface area contributed by atoms with E-state index >= 15 is 0 Å². The van der Waals surface area contributed by atoms with E-state index in [-0.39, 0.29) is 5.92 Å². The number of benzene rings is 1. The Morgan fingerprint density at radius 2 is 1.94 bits per heavy atom. The minimum atomic E-state index is 0.0207. The molecule has 1 aliphatic rings. The quantitative estimate of drug-likeness (QED) is 0.795. The number of aryl methyl sites for hydroxylation is 2. The topological polar surface area (TPSA) is 27.0 Å². The van der Waals surface area contributed by atoms with Gasteiger partial charge in [-0.1, -0.05) is 18.2 Å². The summed E-state index contributed by atoms with van der Waals surface area (Å²) in [7, 11) is 0. The van der Waals surface area contributed by atoms with E-state index in [0.29, 0.717) is 0 Å². The Morgan fingerprint density at radius 3 is 2.53 bits per heavy atom. The molecule has 0 saturated carbocycles. The third-order valence-electron chi connectivity index (χ3n) is 3.73. The maximum Gasteiger partial charge on any atom is 0.0839 e. The molecule has 1 saturated heterocycles. The first-order valence-corrected chi connectivity index (χ1v) is 6.40. The van der Waals surface area contributed by atoms with Crippen LogP contribution in [0.5, 0.6) is 0 Å². The summed E-state index contributed by atoms with van der Waals surface area (Å²) in [5, 5.41) is 9.32. The van der Waals surface area contributed by atoms with E-state index in [4.69, 9.17) is 0 Å². The smallest absolute Gasteiger partial charge is 0.0839 e. The molecule has 1 aliphatic heterocycles. The summed E-state index contributed by atoms with van der Waals surface area (Å²) in [6.45, 7) is 7.43. The summed E-state index contributed by atoms with van der Waals surface area (Å²) in [5.41, 5.74) is 3.75. The van der Waals surface area contributed by atoms with Gasteiger partial charge >= 0.3 is 0 Å². The van der Waals surface area contributed by atoms with Crippen LogP contribution < -0.4 is 0 Å². The second kappa shape index (κ2) is 5.33. The van der Waals surface area contributed by atoms with Crippen molar-refractivity contribution in [3.63, 3.8) is 0 Å². The van der Waals surface area contributed by atoms with E-state index in [1.54, 1.807) is 0 Å². The van der Waals surface area contributed by atoms with Crippen LogP contribution >= 0.6 is 0 Å². The second-order valence-corrected chi connectivity index (χ2v) is 5.03. The van der Waals surface area contributed by atoms with Crippen molar-refractivity contribution < 1.29 is 0 Å². The maximum absolute atomic E-state index is 9.32. The first-order valence-electron chi connectivity index (χ1n) is 6.40. The molecule has 2 rings (SSSR count). The van der Waals surface area contributed by atoms with Crippen LogP contribution in [0.25, 0.3) is 0 Å². The van der Waals surface area contributed by atoms with Crippen molar-refractivity contribution in [2.75, 3.05) is 19.6 Å². The van der Waals surface area contributed by atoms with Crippen LogP contribution in [0.1, 0.15) is 35.4 Å². The fourth-order valence-corrected chi connectivity index (χ4v) is 2.43. The molecule has 0 aromatic heterocycles. The standard InChI is InChI=1S/C15H20N2/c1-12-5-6-14(9-13(12)2)15(10-16)11-17-7-3-4-8-17/h5-6,9,15H,3-4,7-8,11H2,1-2H3. The lowest BCUT2D eigenvalue weighted by molar-refractivity contribution is 0.332. The van der Waals surface area contributed by atoms with Crippen molar-refractivity contribution in [3.8, 4) is 6.07 Å². The van der Waals surface area contributed by atoms with Gasteiger partial charge in [0.25, 0.3) is 0 Å². The van der Waals surface area contributed by atoms with E-state index in [1.807, 2.05) is 0 Å². The molecule has 2 nitrogen and oxygen atoms in total. The van der Waals surface area contributed by atoms with Gasteiger partial charge in [-0.2, -0.15) is 5.26 Å². The zero-order chi connectivity index (χ0) is 12.3. The molecule has 0 radical (unpaired) electrons. The molecule has 2 heteroatoms. The molecule has 1 atom stereocenters. The highest BCUT2D eigenvalue weighted by molar-refractivity contribution is 5.34. The van der Waals surface area contributed by atoms with E-state index in [0.717, 1.165) is 19.6 Å². The molecule has 0 N–H and O–H groups in total. The van der Waals surface area contributed by atoms with Gasteiger partial charge in [-0.3, -0.25) is 0 Å². The van der Waals surface area contributed by atoms with Crippen molar-refractivity contribution in [1.29, 1.82) is 5.26 Å². The Kier molecular flexibility index (Phi) is 3.81. The predicted octanol–water partition coefficient (Wildman–Crippen LogP) is 3.01. The fourth-order valence-electron chi connectivity index (χ4n) is 2.43. The average Bonchev–Trinajstić information content (AvgIpc) is 2.82. The summed E-state index contributed by atoms with van der Waals surface area (Å²) >= 11 is 0. The van der Waals surface area contributed by atoms with E-state index < -0.39 is 0 Å². The first-order chi connectivity index (χ1) is 8.20. The van der Waals surface area contributed by atoms with E-state index in [9.17, 15) is 5.26 Å². The number of rotatable bonds is 3. The van der Waals surface area contributed by atoms with Crippen LogP contribution in [0, 0.1) is 25.2 Å². The van der Waals surface area contributed by atoms with Crippen LogP contribution in [-0.2, 0) is 0 Å². The minimum absolute atomic E-state index is 0.0207. The molecule has 1 aromatic carbocycles. The van der Waals surface area contributed by atoms with E-state index in [2.05, 4.69) is 43.0 Å². The van der Waals surface area contributed by atoms with Gasteiger partial charge in [-0.15, -0.1) is 0 Å². The number of hydrogen-bond donors (Lipinski definition) is 0. The van der Waals surface area contributed by atoms with Gasteiger partial charge in [0.1, 0.15) is 0 Å². The van der Waals surface area contributed by atoms with Crippen molar-refractivity contribution in [1.82, 2.24) is 4.90 Å².